The van der Waals surface area contributed by atoms with E-state index in [1.54, 1.807) is 19.1 Å². The van der Waals surface area contributed by atoms with E-state index in [4.69, 9.17) is 11.0 Å². The van der Waals surface area contributed by atoms with Gasteiger partial charge in [-0.3, -0.25) is 0 Å². The lowest BCUT2D eigenvalue weighted by molar-refractivity contribution is 0.0696. The number of hydrogen-bond donors (Lipinski definition) is 2. The first-order valence-electron chi connectivity index (χ1n) is 4.29. The molecular formula is C10H13NO3. The molecule has 0 saturated heterocycles. The zero-order chi connectivity index (χ0) is 10.6. The third-order valence-corrected chi connectivity index (χ3v) is 2.04. The molecule has 1 aromatic carbocycles. The van der Waals surface area contributed by atoms with Crippen LogP contribution >= 0.6 is 0 Å². The van der Waals surface area contributed by atoms with Crippen LogP contribution in [0.15, 0.2) is 18.2 Å². The molecule has 1 aromatic rings. The van der Waals surface area contributed by atoms with Crippen LogP contribution in [0.2, 0.25) is 0 Å². The summed E-state index contributed by atoms with van der Waals surface area (Å²) < 4.78 is 0. The second-order valence-corrected chi connectivity index (χ2v) is 3.08. The standard InChI is InChI=1S/C10H13NO3/c1-7-2-3-8(4-5-14-11)6-9(7)10(12)13/h2-3,6H,4-5,11H2,1H3,(H,12,13). The van der Waals surface area contributed by atoms with Crippen LogP contribution in [0.1, 0.15) is 21.5 Å². The van der Waals surface area contributed by atoms with Gasteiger partial charge in [-0.2, -0.15) is 0 Å². The van der Waals surface area contributed by atoms with E-state index in [1.165, 1.54) is 0 Å². The Balaban J connectivity index is 2.89. The van der Waals surface area contributed by atoms with Crippen molar-refractivity contribution in [1.82, 2.24) is 0 Å². The third kappa shape index (κ3) is 2.55. The lowest BCUT2D eigenvalue weighted by Crippen LogP contribution is -2.05. The first kappa shape index (κ1) is 10.7. The molecule has 0 atom stereocenters. The minimum atomic E-state index is -0.905. The molecule has 0 heterocycles. The Hall–Kier alpha value is -1.39. The van der Waals surface area contributed by atoms with E-state index in [0.717, 1.165) is 11.1 Å². The molecule has 14 heavy (non-hydrogen) atoms. The van der Waals surface area contributed by atoms with Crippen LogP contribution in [-0.4, -0.2) is 17.7 Å². The molecule has 4 heteroatoms. The van der Waals surface area contributed by atoms with Crippen molar-refractivity contribution in [2.75, 3.05) is 6.61 Å². The molecular weight excluding hydrogens is 182 g/mol. The molecule has 0 radical (unpaired) electrons. The molecule has 0 amide bonds. The Kier molecular flexibility index (Phi) is 3.62. The lowest BCUT2D eigenvalue weighted by atomic mass is 10.0. The Morgan fingerprint density at radius 1 is 1.57 bits per heavy atom. The highest BCUT2D eigenvalue weighted by atomic mass is 16.6. The maximum Gasteiger partial charge on any atom is 0.335 e. The molecule has 1 rings (SSSR count). The van der Waals surface area contributed by atoms with E-state index in [1.807, 2.05) is 6.07 Å². The van der Waals surface area contributed by atoms with E-state index in [0.29, 0.717) is 18.6 Å². The fourth-order valence-corrected chi connectivity index (χ4v) is 1.23. The molecule has 0 aliphatic carbocycles. The van der Waals surface area contributed by atoms with Crippen molar-refractivity contribution in [2.24, 2.45) is 5.90 Å². The highest BCUT2D eigenvalue weighted by Gasteiger charge is 2.07. The van der Waals surface area contributed by atoms with Gasteiger partial charge in [0.15, 0.2) is 0 Å². The van der Waals surface area contributed by atoms with Gasteiger partial charge in [0.1, 0.15) is 0 Å². The molecule has 4 nitrogen and oxygen atoms in total. The van der Waals surface area contributed by atoms with E-state index < -0.39 is 5.97 Å². The Morgan fingerprint density at radius 2 is 2.29 bits per heavy atom. The molecule has 76 valence electrons. The Labute approximate surface area is 82.3 Å². The average molecular weight is 195 g/mol. The normalized spacial score (nSPS) is 10.1. The number of carboxylic acid groups (broad SMARTS) is 1. The van der Waals surface area contributed by atoms with Crippen LogP contribution in [0.4, 0.5) is 0 Å². The molecule has 0 aromatic heterocycles. The molecule has 0 saturated carbocycles. The second kappa shape index (κ2) is 4.74. The van der Waals surface area contributed by atoms with Crippen molar-refractivity contribution >= 4 is 5.97 Å². The van der Waals surface area contributed by atoms with Gasteiger partial charge in [0.05, 0.1) is 12.2 Å². The zero-order valence-corrected chi connectivity index (χ0v) is 7.99. The van der Waals surface area contributed by atoms with Gasteiger partial charge in [-0.05, 0) is 30.5 Å². The number of hydrogen-bond acceptors (Lipinski definition) is 3. The van der Waals surface area contributed by atoms with Gasteiger partial charge in [0, 0.05) is 0 Å². The van der Waals surface area contributed by atoms with Crippen LogP contribution in [0.25, 0.3) is 0 Å². The number of carboxylic acids is 1. The highest BCUT2D eigenvalue weighted by Crippen LogP contribution is 2.11. The molecule has 0 fully saturated rings. The number of aryl methyl sites for hydroxylation is 1. The van der Waals surface area contributed by atoms with Crippen LogP contribution in [-0.2, 0) is 11.3 Å². The van der Waals surface area contributed by atoms with E-state index in [9.17, 15) is 4.79 Å². The number of rotatable bonds is 4. The predicted molar refractivity (Wildman–Crippen MR) is 52.0 cm³/mol. The number of benzene rings is 1. The predicted octanol–water partition coefficient (Wildman–Crippen LogP) is 1.13. The third-order valence-electron chi connectivity index (χ3n) is 2.04. The van der Waals surface area contributed by atoms with Gasteiger partial charge in [0.25, 0.3) is 0 Å². The maximum absolute atomic E-state index is 10.8. The molecule has 0 aliphatic rings. The summed E-state index contributed by atoms with van der Waals surface area (Å²) in [5, 5.41) is 8.86. The van der Waals surface area contributed by atoms with Gasteiger partial charge in [0.2, 0.25) is 0 Å². The van der Waals surface area contributed by atoms with Crippen LogP contribution in [0.5, 0.6) is 0 Å². The van der Waals surface area contributed by atoms with Gasteiger partial charge < -0.3 is 9.94 Å². The van der Waals surface area contributed by atoms with Crippen molar-refractivity contribution in [3.63, 3.8) is 0 Å². The summed E-state index contributed by atoms with van der Waals surface area (Å²) in [5.74, 6) is 3.98. The van der Waals surface area contributed by atoms with Crippen LogP contribution in [0.3, 0.4) is 0 Å². The Bertz CT molecular complexity index is 336. The second-order valence-electron chi connectivity index (χ2n) is 3.08. The first-order valence-corrected chi connectivity index (χ1v) is 4.29. The summed E-state index contributed by atoms with van der Waals surface area (Å²) in [6.07, 6.45) is 0.622. The van der Waals surface area contributed by atoms with Crippen molar-refractivity contribution in [3.8, 4) is 0 Å². The summed E-state index contributed by atoms with van der Waals surface area (Å²) in [6.45, 7) is 2.16. The van der Waals surface area contributed by atoms with E-state index in [2.05, 4.69) is 4.84 Å². The molecule has 0 aliphatic heterocycles. The van der Waals surface area contributed by atoms with Gasteiger partial charge >= 0.3 is 5.97 Å². The molecule has 0 spiro atoms. The number of aromatic carboxylic acids is 1. The van der Waals surface area contributed by atoms with E-state index >= 15 is 0 Å². The van der Waals surface area contributed by atoms with Crippen LogP contribution < -0.4 is 5.90 Å². The summed E-state index contributed by atoms with van der Waals surface area (Å²) in [6, 6.07) is 5.31. The van der Waals surface area contributed by atoms with Gasteiger partial charge in [-0.15, -0.1) is 0 Å². The van der Waals surface area contributed by atoms with Crippen molar-refractivity contribution < 1.29 is 14.7 Å². The van der Waals surface area contributed by atoms with Crippen molar-refractivity contribution in [2.45, 2.75) is 13.3 Å². The van der Waals surface area contributed by atoms with Crippen molar-refractivity contribution in [1.29, 1.82) is 0 Å². The monoisotopic (exact) mass is 195 g/mol. The molecule has 3 N–H and O–H groups in total. The fourth-order valence-electron chi connectivity index (χ4n) is 1.23. The number of carbonyl (C=O) groups is 1. The lowest BCUT2D eigenvalue weighted by Gasteiger charge is -2.04. The first-order chi connectivity index (χ1) is 6.65. The number of nitrogens with two attached hydrogens (primary N) is 1. The minimum absolute atomic E-state index is 0.333. The summed E-state index contributed by atoms with van der Waals surface area (Å²) >= 11 is 0. The van der Waals surface area contributed by atoms with E-state index in [-0.39, 0.29) is 0 Å². The quantitative estimate of drug-likeness (QED) is 0.706. The van der Waals surface area contributed by atoms with Gasteiger partial charge in [-0.25, -0.2) is 10.7 Å². The van der Waals surface area contributed by atoms with Crippen LogP contribution in [0, 0.1) is 6.92 Å². The molecule has 0 bridgehead atoms. The fraction of sp³-hybridized carbons (Fsp3) is 0.300. The van der Waals surface area contributed by atoms with Gasteiger partial charge in [-0.1, -0.05) is 12.1 Å². The van der Waals surface area contributed by atoms with Crippen molar-refractivity contribution in [3.05, 3.63) is 34.9 Å². The highest BCUT2D eigenvalue weighted by molar-refractivity contribution is 5.89. The maximum atomic E-state index is 10.8. The average Bonchev–Trinajstić information content (AvgIpc) is 2.16. The smallest absolute Gasteiger partial charge is 0.335 e. The Morgan fingerprint density at radius 3 is 2.86 bits per heavy atom. The topological polar surface area (TPSA) is 72.5 Å². The summed E-state index contributed by atoms with van der Waals surface area (Å²) in [5.41, 5.74) is 2.01. The zero-order valence-electron chi connectivity index (χ0n) is 7.99. The summed E-state index contributed by atoms with van der Waals surface area (Å²) in [7, 11) is 0. The summed E-state index contributed by atoms with van der Waals surface area (Å²) in [4.78, 5) is 15.2. The molecule has 0 unspecified atom stereocenters. The largest absolute Gasteiger partial charge is 0.478 e. The SMILES string of the molecule is Cc1ccc(CCON)cc1C(=O)O. The minimum Gasteiger partial charge on any atom is -0.478 e.